The highest BCUT2D eigenvalue weighted by Crippen LogP contribution is 2.35. The molecule has 114 valence electrons. The third-order valence-electron chi connectivity index (χ3n) is 4.92. The van der Waals surface area contributed by atoms with Gasteiger partial charge >= 0.3 is 0 Å². The molecule has 1 atom stereocenters. The second-order valence-electron chi connectivity index (χ2n) is 6.24. The van der Waals surface area contributed by atoms with Crippen LogP contribution in [0, 0.1) is 11.7 Å². The van der Waals surface area contributed by atoms with E-state index < -0.39 is 0 Å². The molecule has 2 fully saturated rings. The molecule has 1 saturated heterocycles. The SMILES string of the molecule is O=C(c1ccc(Br)c(F)c1)N1CCCC1C1CCCCC1. The Kier molecular flexibility index (Phi) is 4.63. The summed E-state index contributed by atoms with van der Waals surface area (Å²) in [4.78, 5) is 14.7. The lowest BCUT2D eigenvalue weighted by Crippen LogP contribution is -2.40. The van der Waals surface area contributed by atoms with E-state index in [0.717, 1.165) is 19.4 Å². The number of rotatable bonds is 2. The topological polar surface area (TPSA) is 20.3 Å². The Bertz CT molecular complexity index is 528. The number of likely N-dealkylation sites (tertiary alicyclic amines) is 1. The number of halogens is 2. The summed E-state index contributed by atoms with van der Waals surface area (Å²) in [6.45, 7) is 0.817. The van der Waals surface area contributed by atoms with Gasteiger partial charge in [-0.3, -0.25) is 4.79 Å². The van der Waals surface area contributed by atoms with Crippen LogP contribution < -0.4 is 0 Å². The second kappa shape index (κ2) is 6.47. The summed E-state index contributed by atoms with van der Waals surface area (Å²) in [5, 5.41) is 0. The molecule has 21 heavy (non-hydrogen) atoms. The van der Waals surface area contributed by atoms with Gasteiger partial charge in [-0.2, -0.15) is 0 Å². The Labute approximate surface area is 133 Å². The molecular weight excluding hydrogens is 333 g/mol. The van der Waals surface area contributed by atoms with E-state index in [9.17, 15) is 9.18 Å². The van der Waals surface area contributed by atoms with Crippen LogP contribution in [0.3, 0.4) is 0 Å². The summed E-state index contributed by atoms with van der Waals surface area (Å²) in [5.41, 5.74) is 0.471. The summed E-state index contributed by atoms with van der Waals surface area (Å²) < 4.78 is 14.1. The molecule has 0 aromatic heterocycles. The van der Waals surface area contributed by atoms with E-state index in [4.69, 9.17) is 0 Å². The van der Waals surface area contributed by atoms with Gasteiger partial charge in [-0.15, -0.1) is 0 Å². The molecule has 2 nitrogen and oxygen atoms in total. The second-order valence-corrected chi connectivity index (χ2v) is 7.09. The molecule has 1 aliphatic carbocycles. The Morgan fingerprint density at radius 2 is 1.90 bits per heavy atom. The fraction of sp³-hybridized carbons (Fsp3) is 0.588. The lowest BCUT2D eigenvalue weighted by molar-refractivity contribution is 0.0661. The minimum absolute atomic E-state index is 0.00512. The molecule has 1 aliphatic heterocycles. The van der Waals surface area contributed by atoms with Crippen LogP contribution in [-0.2, 0) is 0 Å². The van der Waals surface area contributed by atoms with Gasteiger partial charge in [-0.05, 0) is 65.7 Å². The molecule has 2 aliphatic rings. The summed E-state index contributed by atoms with van der Waals surface area (Å²) >= 11 is 3.14. The highest BCUT2D eigenvalue weighted by molar-refractivity contribution is 9.10. The van der Waals surface area contributed by atoms with Crippen LogP contribution in [0.15, 0.2) is 22.7 Å². The first-order valence-corrected chi connectivity index (χ1v) is 8.72. The van der Waals surface area contributed by atoms with Gasteiger partial charge in [-0.1, -0.05) is 19.3 Å². The maximum Gasteiger partial charge on any atom is 0.254 e. The maximum absolute atomic E-state index is 13.7. The van der Waals surface area contributed by atoms with Gasteiger partial charge in [0.05, 0.1) is 4.47 Å². The molecule has 0 radical (unpaired) electrons. The Balaban J connectivity index is 1.77. The van der Waals surface area contributed by atoms with Gasteiger partial charge in [0, 0.05) is 18.2 Å². The summed E-state index contributed by atoms with van der Waals surface area (Å²) in [7, 11) is 0. The quantitative estimate of drug-likeness (QED) is 0.749. The normalized spacial score (nSPS) is 23.5. The maximum atomic E-state index is 13.7. The van der Waals surface area contributed by atoms with Crippen LogP contribution in [-0.4, -0.2) is 23.4 Å². The molecular formula is C17H21BrFNO. The largest absolute Gasteiger partial charge is 0.335 e. The predicted octanol–water partition coefficient (Wildman–Crippen LogP) is 4.77. The van der Waals surface area contributed by atoms with E-state index in [1.165, 1.54) is 38.2 Å². The summed E-state index contributed by atoms with van der Waals surface area (Å²) in [6, 6.07) is 5.05. The average molecular weight is 354 g/mol. The molecule has 1 amide bonds. The summed E-state index contributed by atoms with van der Waals surface area (Å²) in [5.74, 6) is 0.272. The molecule has 1 unspecified atom stereocenters. The van der Waals surface area contributed by atoms with Crippen molar-refractivity contribution in [3.8, 4) is 0 Å². The number of hydrogen-bond donors (Lipinski definition) is 0. The van der Waals surface area contributed by atoms with Crippen LogP contribution in [0.2, 0.25) is 0 Å². The van der Waals surface area contributed by atoms with Crippen molar-refractivity contribution in [1.82, 2.24) is 4.90 Å². The lowest BCUT2D eigenvalue weighted by atomic mass is 9.83. The first-order valence-electron chi connectivity index (χ1n) is 7.93. The van der Waals surface area contributed by atoms with Crippen LogP contribution >= 0.6 is 15.9 Å². The third kappa shape index (κ3) is 3.15. The van der Waals surface area contributed by atoms with Crippen LogP contribution in [0.5, 0.6) is 0 Å². The third-order valence-corrected chi connectivity index (χ3v) is 5.56. The minimum Gasteiger partial charge on any atom is -0.335 e. The van der Waals surface area contributed by atoms with Crippen LogP contribution in [0.1, 0.15) is 55.3 Å². The number of carbonyl (C=O) groups is 1. The van der Waals surface area contributed by atoms with Gasteiger partial charge in [0.25, 0.3) is 5.91 Å². The Morgan fingerprint density at radius 3 is 2.62 bits per heavy atom. The number of hydrogen-bond acceptors (Lipinski definition) is 1. The number of amides is 1. The molecule has 1 saturated carbocycles. The molecule has 0 N–H and O–H groups in total. The summed E-state index contributed by atoms with van der Waals surface area (Å²) in [6.07, 6.45) is 8.56. The Hall–Kier alpha value is -0.900. The first-order chi connectivity index (χ1) is 10.2. The number of nitrogens with zero attached hydrogens (tertiary/aromatic N) is 1. The van der Waals surface area contributed by atoms with Crippen molar-refractivity contribution in [1.29, 1.82) is 0 Å². The molecule has 0 spiro atoms. The van der Waals surface area contributed by atoms with E-state index >= 15 is 0 Å². The van der Waals surface area contributed by atoms with Crippen molar-refractivity contribution in [2.75, 3.05) is 6.54 Å². The zero-order valence-electron chi connectivity index (χ0n) is 12.2. The van der Waals surface area contributed by atoms with Crippen LogP contribution in [0.4, 0.5) is 4.39 Å². The highest BCUT2D eigenvalue weighted by atomic mass is 79.9. The zero-order chi connectivity index (χ0) is 14.8. The smallest absolute Gasteiger partial charge is 0.254 e. The van der Waals surface area contributed by atoms with Gasteiger partial charge in [0.15, 0.2) is 0 Å². The Morgan fingerprint density at radius 1 is 1.14 bits per heavy atom. The van der Waals surface area contributed by atoms with E-state index in [1.54, 1.807) is 12.1 Å². The molecule has 4 heteroatoms. The zero-order valence-corrected chi connectivity index (χ0v) is 13.7. The first kappa shape index (κ1) is 15.0. The van der Waals surface area contributed by atoms with E-state index in [1.807, 2.05) is 4.90 Å². The standard InChI is InChI=1S/C17H21BrFNO/c18-14-9-8-13(11-15(14)19)17(21)20-10-4-7-16(20)12-5-2-1-3-6-12/h8-9,11-12,16H,1-7,10H2. The molecule has 3 rings (SSSR count). The predicted molar refractivity (Wildman–Crippen MR) is 84.7 cm³/mol. The van der Waals surface area contributed by atoms with Crippen molar-refractivity contribution in [2.24, 2.45) is 5.92 Å². The van der Waals surface area contributed by atoms with Gasteiger partial charge in [0.2, 0.25) is 0 Å². The average Bonchev–Trinajstić information content (AvgIpc) is 2.99. The number of carbonyl (C=O) groups excluding carboxylic acids is 1. The minimum atomic E-state index is -0.366. The van der Waals surface area contributed by atoms with Crippen molar-refractivity contribution in [3.05, 3.63) is 34.1 Å². The van der Waals surface area contributed by atoms with Gasteiger partial charge in [0.1, 0.15) is 5.82 Å². The molecule has 1 aromatic rings. The van der Waals surface area contributed by atoms with Crippen molar-refractivity contribution >= 4 is 21.8 Å². The lowest BCUT2D eigenvalue weighted by Gasteiger charge is -2.34. The highest BCUT2D eigenvalue weighted by Gasteiger charge is 2.35. The van der Waals surface area contributed by atoms with Gasteiger partial charge in [-0.25, -0.2) is 4.39 Å². The van der Waals surface area contributed by atoms with Gasteiger partial charge < -0.3 is 4.90 Å². The van der Waals surface area contributed by atoms with E-state index in [2.05, 4.69) is 15.9 Å². The van der Waals surface area contributed by atoms with Crippen molar-refractivity contribution < 1.29 is 9.18 Å². The van der Waals surface area contributed by atoms with E-state index in [0.29, 0.717) is 22.0 Å². The fourth-order valence-electron chi connectivity index (χ4n) is 3.85. The van der Waals surface area contributed by atoms with Crippen molar-refractivity contribution in [2.45, 2.75) is 51.0 Å². The monoisotopic (exact) mass is 353 g/mol. The number of benzene rings is 1. The molecule has 1 heterocycles. The molecule has 0 bridgehead atoms. The fourth-order valence-corrected chi connectivity index (χ4v) is 4.10. The molecule has 1 aromatic carbocycles. The van der Waals surface area contributed by atoms with Crippen LogP contribution in [0.25, 0.3) is 0 Å². The van der Waals surface area contributed by atoms with Crippen molar-refractivity contribution in [3.63, 3.8) is 0 Å². The van der Waals surface area contributed by atoms with E-state index in [-0.39, 0.29) is 11.7 Å².